The van der Waals surface area contributed by atoms with Gasteiger partial charge in [0.25, 0.3) is 5.91 Å². The van der Waals surface area contributed by atoms with Crippen molar-refractivity contribution in [1.29, 1.82) is 0 Å². The highest BCUT2D eigenvalue weighted by Gasteiger charge is 2.21. The van der Waals surface area contributed by atoms with Gasteiger partial charge < -0.3 is 15.2 Å². The molecule has 2 aromatic carbocycles. The largest absolute Gasteiger partial charge is 0.506 e. The highest BCUT2D eigenvalue weighted by Crippen LogP contribution is 2.34. The second-order valence-corrected chi connectivity index (χ2v) is 6.41. The molecule has 0 fully saturated rings. The number of carbonyl (C=O) groups is 2. The van der Waals surface area contributed by atoms with E-state index in [1.165, 1.54) is 0 Å². The van der Waals surface area contributed by atoms with Crippen LogP contribution in [0.5, 0.6) is 5.75 Å². The van der Waals surface area contributed by atoms with Gasteiger partial charge in [-0.3, -0.25) is 14.6 Å². The summed E-state index contributed by atoms with van der Waals surface area (Å²) in [5, 5.41) is 12.8. The molecule has 0 radical (unpaired) electrons. The number of nitrogens with one attached hydrogen (secondary N) is 1. The fourth-order valence-corrected chi connectivity index (χ4v) is 2.94. The van der Waals surface area contributed by atoms with E-state index in [1.54, 1.807) is 19.2 Å². The number of aromatic nitrogens is 2. The monoisotopic (exact) mass is 429 g/mol. The maximum absolute atomic E-state index is 12.6. The number of aromatic hydroxyl groups is 1. The summed E-state index contributed by atoms with van der Waals surface area (Å²) in [5.74, 6) is -1.49. The molecule has 1 heterocycles. The highest BCUT2D eigenvalue weighted by atomic mass is 79.9. The number of phenols is 1. The number of hydrogen-bond acceptors (Lipinski definition) is 6. The molecule has 3 rings (SSSR count). The maximum atomic E-state index is 12.6. The van der Waals surface area contributed by atoms with Gasteiger partial charge in [0.05, 0.1) is 28.5 Å². The average Bonchev–Trinajstić information content (AvgIpc) is 2.68. The summed E-state index contributed by atoms with van der Waals surface area (Å²) in [6, 6.07) is 10.9. The Kier molecular flexibility index (Phi) is 5.66. The molecule has 0 aliphatic carbocycles. The van der Waals surface area contributed by atoms with Crippen LogP contribution in [0.1, 0.15) is 17.3 Å². The van der Waals surface area contributed by atoms with E-state index in [1.807, 2.05) is 30.3 Å². The average molecular weight is 430 g/mol. The van der Waals surface area contributed by atoms with Crippen LogP contribution in [0.25, 0.3) is 22.3 Å². The molecule has 0 unspecified atom stereocenters. The SMILES string of the molecule is CCOC(=O)CNC(=O)c1c(O)c(Br)cc2ncc(-c3ccccc3)nc12. The number of esters is 1. The van der Waals surface area contributed by atoms with E-state index in [9.17, 15) is 14.7 Å². The molecule has 0 spiro atoms. The number of carbonyl (C=O) groups excluding carboxylic acids is 2. The second kappa shape index (κ2) is 8.13. The third kappa shape index (κ3) is 4.06. The zero-order valence-electron chi connectivity index (χ0n) is 14.4. The van der Waals surface area contributed by atoms with E-state index in [4.69, 9.17) is 4.74 Å². The van der Waals surface area contributed by atoms with E-state index in [2.05, 4.69) is 31.2 Å². The molecule has 8 heteroatoms. The van der Waals surface area contributed by atoms with Gasteiger partial charge in [0.1, 0.15) is 23.4 Å². The fourth-order valence-electron chi connectivity index (χ4n) is 2.52. The molecule has 3 aromatic rings. The number of fused-ring (bicyclic) bond motifs is 1. The lowest BCUT2D eigenvalue weighted by Gasteiger charge is -2.11. The van der Waals surface area contributed by atoms with Gasteiger partial charge in [-0.05, 0) is 28.9 Å². The summed E-state index contributed by atoms with van der Waals surface area (Å²) in [6.07, 6.45) is 1.60. The zero-order chi connectivity index (χ0) is 19.4. The van der Waals surface area contributed by atoms with Crippen molar-refractivity contribution in [2.24, 2.45) is 0 Å². The molecule has 0 aliphatic heterocycles. The Morgan fingerprint density at radius 2 is 2.00 bits per heavy atom. The van der Waals surface area contributed by atoms with Gasteiger partial charge >= 0.3 is 5.97 Å². The van der Waals surface area contributed by atoms with Crippen molar-refractivity contribution in [2.45, 2.75) is 6.92 Å². The first-order chi connectivity index (χ1) is 13.0. The lowest BCUT2D eigenvalue weighted by molar-refractivity contribution is -0.141. The van der Waals surface area contributed by atoms with Crippen LogP contribution in [-0.4, -0.2) is 40.1 Å². The molecule has 1 amide bonds. The van der Waals surface area contributed by atoms with Gasteiger partial charge in [-0.2, -0.15) is 0 Å². The Morgan fingerprint density at radius 3 is 2.70 bits per heavy atom. The van der Waals surface area contributed by atoms with E-state index < -0.39 is 11.9 Å². The molecule has 2 N–H and O–H groups in total. The van der Waals surface area contributed by atoms with Crippen molar-refractivity contribution >= 4 is 38.8 Å². The quantitative estimate of drug-likeness (QED) is 0.604. The van der Waals surface area contributed by atoms with E-state index in [-0.39, 0.29) is 30.0 Å². The molecule has 138 valence electrons. The minimum absolute atomic E-state index is 0.0612. The van der Waals surface area contributed by atoms with Gasteiger partial charge in [-0.25, -0.2) is 4.98 Å². The Balaban J connectivity index is 2.05. The number of benzene rings is 2. The Hall–Kier alpha value is -3.00. The smallest absolute Gasteiger partial charge is 0.325 e. The standard InChI is InChI=1S/C19H16BrN3O4/c1-2-27-15(24)10-22-19(26)16-17-13(8-12(20)18(16)25)21-9-14(23-17)11-6-4-3-5-7-11/h3-9,25H,2,10H2,1H3,(H,22,26). The van der Waals surface area contributed by atoms with Gasteiger partial charge in [0, 0.05) is 5.56 Å². The van der Waals surface area contributed by atoms with Crippen molar-refractivity contribution in [3.05, 3.63) is 52.6 Å². The van der Waals surface area contributed by atoms with Crippen molar-refractivity contribution < 1.29 is 19.4 Å². The molecule has 27 heavy (non-hydrogen) atoms. The summed E-state index contributed by atoms with van der Waals surface area (Å²) in [6.45, 7) is 1.58. The van der Waals surface area contributed by atoms with Crippen LogP contribution in [0.3, 0.4) is 0 Å². The van der Waals surface area contributed by atoms with Crippen molar-refractivity contribution in [3.63, 3.8) is 0 Å². The van der Waals surface area contributed by atoms with Gasteiger partial charge in [-0.1, -0.05) is 30.3 Å². The number of hydrogen-bond donors (Lipinski definition) is 2. The summed E-state index contributed by atoms with van der Waals surface area (Å²) in [7, 11) is 0. The number of ether oxygens (including phenoxy) is 1. The predicted octanol–water partition coefficient (Wildman–Crippen LogP) is 3.06. The van der Waals surface area contributed by atoms with Crippen molar-refractivity contribution in [1.82, 2.24) is 15.3 Å². The number of nitrogens with zero attached hydrogens (tertiary/aromatic N) is 2. The normalized spacial score (nSPS) is 10.6. The minimum atomic E-state index is -0.647. The van der Waals surface area contributed by atoms with Crippen molar-refractivity contribution in [3.8, 4) is 17.0 Å². The zero-order valence-corrected chi connectivity index (χ0v) is 16.0. The molecule has 1 aromatic heterocycles. The van der Waals surface area contributed by atoms with Gasteiger partial charge in [0.15, 0.2) is 0 Å². The molecule has 0 aliphatic rings. The first-order valence-electron chi connectivity index (χ1n) is 8.18. The summed E-state index contributed by atoms with van der Waals surface area (Å²) < 4.78 is 5.10. The van der Waals surface area contributed by atoms with Crippen LogP contribution >= 0.6 is 15.9 Å². The Morgan fingerprint density at radius 1 is 1.26 bits per heavy atom. The first-order valence-corrected chi connectivity index (χ1v) is 8.98. The maximum Gasteiger partial charge on any atom is 0.325 e. The van der Waals surface area contributed by atoms with E-state index >= 15 is 0 Å². The molecule has 0 atom stereocenters. The van der Waals surface area contributed by atoms with Crippen LogP contribution in [0.15, 0.2) is 47.1 Å². The molecule has 0 saturated heterocycles. The number of halogens is 1. The van der Waals surface area contributed by atoms with Crippen LogP contribution in [-0.2, 0) is 9.53 Å². The summed E-state index contributed by atoms with van der Waals surface area (Å²) in [5.41, 5.74) is 1.99. The molecular weight excluding hydrogens is 414 g/mol. The van der Waals surface area contributed by atoms with Crippen molar-refractivity contribution in [2.75, 3.05) is 13.2 Å². The van der Waals surface area contributed by atoms with Gasteiger partial charge in [0.2, 0.25) is 0 Å². The van der Waals surface area contributed by atoms with Gasteiger partial charge in [-0.15, -0.1) is 0 Å². The van der Waals surface area contributed by atoms with E-state index in [0.29, 0.717) is 15.7 Å². The third-order valence-corrected chi connectivity index (χ3v) is 4.36. The molecule has 0 bridgehead atoms. The lowest BCUT2D eigenvalue weighted by Crippen LogP contribution is -2.31. The molecular formula is C19H16BrN3O4. The summed E-state index contributed by atoms with van der Waals surface area (Å²) >= 11 is 3.21. The van der Waals surface area contributed by atoms with Crippen LogP contribution in [0.2, 0.25) is 0 Å². The molecule has 0 saturated carbocycles. The Labute approximate surface area is 163 Å². The number of phenolic OH excluding ortho intramolecular Hbond substituents is 1. The van der Waals surface area contributed by atoms with Crippen LogP contribution in [0, 0.1) is 0 Å². The highest BCUT2D eigenvalue weighted by molar-refractivity contribution is 9.10. The third-order valence-electron chi connectivity index (χ3n) is 3.76. The number of amides is 1. The lowest BCUT2D eigenvalue weighted by atomic mass is 10.1. The van der Waals surface area contributed by atoms with Crippen LogP contribution in [0.4, 0.5) is 0 Å². The minimum Gasteiger partial charge on any atom is -0.506 e. The predicted molar refractivity (Wildman–Crippen MR) is 103 cm³/mol. The second-order valence-electron chi connectivity index (χ2n) is 5.56. The fraction of sp³-hybridized carbons (Fsp3) is 0.158. The number of rotatable bonds is 5. The Bertz CT molecular complexity index is 1010. The first kappa shape index (κ1) is 18.8. The summed E-state index contributed by atoms with van der Waals surface area (Å²) in [4.78, 5) is 33.0. The molecule has 7 nitrogen and oxygen atoms in total. The van der Waals surface area contributed by atoms with Crippen LogP contribution < -0.4 is 5.32 Å². The topological polar surface area (TPSA) is 101 Å². The van der Waals surface area contributed by atoms with E-state index in [0.717, 1.165) is 5.56 Å².